The third-order valence-corrected chi connectivity index (χ3v) is 2.63. The maximum Gasteiger partial charge on any atom is 0.239 e. The van der Waals surface area contributed by atoms with Crippen LogP contribution < -0.4 is 5.73 Å². The molecule has 2 N–H and O–H groups in total. The summed E-state index contributed by atoms with van der Waals surface area (Å²) >= 11 is 0. The zero-order chi connectivity index (χ0) is 12.1. The van der Waals surface area contributed by atoms with E-state index in [4.69, 9.17) is 5.73 Å². The molecular formula is C12H17FN2O. The van der Waals surface area contributed by atoms with Gasteiger partial charge in [-0.2, -0.15) is 0 Å². The van der Waals surface area contributed by atoms with E-state index >= 15 is 0 Å². The zero-order valence-electron chi connectivity index (χ0n) is 9.61. The second-order valence-corrected chi connectivity index (χ2v) is 3.58. The van der Waals surface area contributed by atoms with Crippen molar-refractivity contribution in [2.45, 2.75) is 19.9 Å². The van der Waals surface area contributed by atoms with Crippen LogP contribution in [0.2, 0.25) is 0 Å². The number of hydrogen-bond acceptors (Lipinski definition) is 2. The molecule has 1 rings (SSSR count). The van der Waals surface area contributed by atoms with E-state index in [0.29, 0.717) is 0 Å². The number of hydrogen-bond donors (Lipinski definition) is 1. The molecule has 3 nitrogen and oxygen atoms in total. The first-order valence-corrected chi connectivity index (χ1v) is 5.39. The second-order valence-electron chi connectivity index (χ2n) is 3.58. The molecule has 16 heavy (non-hydrogen) atoms. The van der Waals surface area contributed by atoms with Crippen LogP contribution in [0.4, 0.5) is 4.39 Å². The lowest BCUT2D eigenvalue weighted by atomic mass is 10.0. The molecule has 0 aliphatic carbocycles. The van der Waals surface area contributed by atoms with E-state index in [1.54, 1.807) is 12.1 Å². The van der Waals surface area contributed by atoms with Crippen LogP contribution in [0.3, 0.4) is 0 Å². The van der Waals surface area contributed by atoms with E-state index in [-0.39, 0.29) is 5.82 Å². The number of rotatable bonds is 5. The van der Waals surface area contributed by atoms with Gasteiger partial charge in [-0.15, -0.1) is 0 Å². The number of primary amides is 1. The lowest BCUT2D eigenvalue weighted by Crippen LogP contribution is -2.37. The van der Waals surface area contributed by atoms with Gasteiger partial charge in [-0.25, -0.2) is 4.39 Å². The topological polar surface area (TPSA) is 46.3 Å². The second kappa shape index (κ2) is 5.61. The van der Waals surface area contributed by atoms with Gasteiger partial charge in [-0.05, 0) is 30.8 Å². The van der Waals surface area contributed by atoms with Gasteiger partial charge in [-0.3, -0.25) is 9.69 Å². The Balaban J connectivity index is 3.02. The molecule has 0 saturated carbocycles. The van der Waals surface area contributed by atoms with Gasteiger partial charge in [0.25, 0.3) is 0 Å². The molecule has 1 unspecified atom stereocenters. The highest BCUT2D eigenvalue weighted by atomic mass is 19.1. The number of nitrogens with zero attached hydrogens (tertiary/aromatic N) is 1. The summed E-state index contributed by atoms with van der Waals surface area (Å²) in [6.45, 7) is 5.37. The van der Waals surface area contributed by atoms with Crippen molar-refractivity contribution < 1.29 is 9.18 Å². The van der Waals surface area contributed by atoms with Crippen LogP contribution in [0.1, 0.15) is 25.5 Å². The number of amides is 1. The van der Waals surface area contributed by atoms with E-state index < -0.39 is 11.9 Å². The van der Waals surface area contributed by atoms with Crippen molar-refractivity contribution in [1.29, 1.82) is 0 Å². The number of carbonyl (C=O) groups is 1. The van der Waals surface area contributed by atoms with Crippen LogP contribution in [-0.2, 0) is 4.79 Å². The van der Waals surface area contributed by atoms with Gasteiger partial charge >= 0.3 is 0 Å². The van der Waals surface area contributed by atoms with Crippen LogP contribution in [0.15, 0.2) is 24.3 Å². The van der Waals surface area contributed by atoms with Crippen molar-refractivity contribution in [1.82, 2.24) is 4.90 Å². The molecule has 0 saturated heterocycles. The van der Waals surface area contributed by atoms with Gasteiger partial charge in [0.1, 0.15) is 11.9 Å². The molecule has 1 aromatic carbocycles. The Morgan fingerprint density at radius 2 is 1.81 bits per heavy atom. The summed E-state index contributed by atoms with van der Waals surface area (Å²) < 4.78 is 12.8. The Morgan fingerprint density at radius 1 is 1.31 bits per heavy atom. The number of nitrogens with two attached hydrogens (primary N) is 1. The van der Waals surface area contributed by atoms with Gasteiger partial charge < -0.3 is 5.73 Å². The average molecular weight is 224 g/mol. The van der Waals surface area contributed by atoms with E-state index in [9.17, 15) is 9.18 Å². The van der Waals surface area contributed by atoms with Gasteiger partial charge in [0.05, 0.1) is 0 Å². The SMILES string of the molecule is CCN(CC)C(C(N)=O)c1ccc(F)cc1. The Kier molecular flexibility index (Phi) is 4.43. The molecular weight excluding hydrogens is 207 g/mol. The van der Waals surface area contributed by atoms with Crippen molar-refractivity contribution in [3.05, 3.63) is 35.6 Å². The van der Waals surface area contributed by atoms with Gasteiger partial charge in [0.2, 0.25) is 5.91 Å². The minimum Gasteiger partial charge on any atom is -0.368 e. The molecule has 0 bridgehead atoms. The molecule has 1 amide bonds. The molecule has 1 atom stereocenters. The molecule has 0 spiro atoms. The van der Waals surface area contributed by atoms with Gasteiger partial charge in [0, 0.05) is 0 Å². The predicted molar refractivity (Wildman–Crippen MR) is 61.3 cm³/mol. The number of halogens is 1. The highest BCUT2D eigenvalue weighted by Gasteiger charge is 2.23. The van der Waals surface area contributed by atoms with E-state index in [0.717, 1.165) is 18.7 Å². The summed E-state index contributed by atoms with van der Waals surface area (Å²) in [4.78, 5) is 13.4. The van der Waals surface area contributed by atoms with Gasteiger partial charge in [0.15, 0.2) is 0 Å². The summed E-state index contributed by atoms with van der Waals surface area (Å²) in [5.41, 5.74) is 6.12. The van der Waals surface area contributed by atoms with Crippen LogP contribution in [0, 0.1) is 5.82 Å². The minimum atomic E-state index is -0.476. The normalized spacial score (nSPS) is 12.8. The summed E-state index contributed by atoms with van der Waals surface area (Å²) in [6, 6.07) is 5.41. The minimum absolute atomic E-state index is 0.313. The first-order valence-electron chi connectivity index (χ1n) is 5.39. The molecule has 0 aromatic heterocycles. The molecule has 0 radical (unpaired) electrons. The molecule has 0 heterocycles. The highest BCUT2D eigenvalue weighted by Crippen LogP contribution is 2.20. The summed E-state index contributed by atoms with van der Waals surface area (Å²) in [5, 5.41) is 0. The van der Waals surface area contributed by atoms with Crippen LogP contribution in [0.5, 0.6) is 0 Å². The Hall–Kier alpha value is -1.42. The quantitative estimate of drug-likeness (QED) is 0.827. The Bertz CT molecular complexity index is 347. The predicted octanol–water partition coefficient (Wildman–Crippen LogP) is 1.69. The van der Waals surface area contributed by atoms with Crippen LogP contribution in [-0.4, -0.2) is 23.9 Å². The maximum atomic E-state index is 12.8. The monoisotopic (exact) mass is 224 g/mol. The lowest BCUT2D eigenvalue weighted by molar-refractivity contribution is -0.123. The van der Waals surface area contributed by atoms with Crippen molar-refractivity contribution >= 4 is 5.91 Å². The Morgan fingerprint density at radius 3 is 2.19 bits per heavy atom. The van der Waals surface area contributed by atoms with Crippen molar-refractivity contribution in [3.8, 4) is 0 Å². The van der Waals surface area contributed by atoms with Gasteiger partial charge in [-0.1, -0.05) is 26.0 Å². The van der Waals surface area contributed by atoms with Crippen molar-refractivity contribution in [2.24, 2.45) is 5.73 Å². The first kappa shape index (κ1) is 12.6. The summed E-state index contributed by atoms with van der Waals surface area (Å²) in [6.07, 6.45) is 0. The molecule has 0 aliphatic rings. The zero-order valence-corrected chi connectivity index (χ0v) is 9.61. The third-order valence-electron chi connectivity index (χ3n) is 2.63. The van der Waals surface area contributed by atoms with Crippen molar-refractivity contribution in [2.75, 3.05) is 13.1 Å². The standard InChI is InChI=1S/C12H17FN2O/c1-3-15(4-2)11(12(14)16)9-5-7-10(13)8-6-9/h5-8,11H,3-4H2,1-2H3,(H2,14,16). The van der Waals surface area contributed by atoms with E-state index in [1.165, 1.54) is 12.1 Å². The molecule has 1 aromatic rings. The van der Waals surface area contributed by atoms with Crippen LogP contribution in [0.25, 0.3) is 0 Å². The first-order chi connectivity index (χ1) is 7.60. The van der Waals surface area contributed by atoms with E-state index in [2.05, 4.69) is 0 Å². The molecule has 4 heteroatoms. The lowest BCUT2D eigenvalue weighted by Gasteiger charge is -2.27. The molecule has 0 aliphatic heterocycles. The Labute approximate surface area is 95.0 Å². The third kappa shape index (κ3) is 2.79. The highest BCUT2D eigenvalue weighted by molar-refractivity contribution is 5.81. The smallest absolute Gasteiger partial charge is 0.239 e. The van der Waals surface area contributed by atoms with Crippen molar-refractivity contribution in [3.63, 3.8) is 0 Å². The van der Waals surface area contributed by atoms with Crippen LogP contribution >= 0.6 is 0 Å². The molecule has 88 valence electrons. The average Bonchev–Trinajstić information content (AvgIpc) is 2.27. The fourth-order valence-corrected chi connectivity index (χ4v) is 1.79. The maximum absolute atomic E-state index is 12.8. The number of likely N-dealkylation sites (N-methyl/N-ethyl adjacent to an activating group) is 1. The summed E-state index contributed by atoms with van der Waals surface area (Å²) in [5.74, 6) is -0.721. The fraction of sp³-hybridized carbons (Fsp3) is 0.417. The largest absolute Gasteiger partial charge is 0.368 e. The number of carbonyl (C=O) groups excluding carboxylic acids is 1. The fourth-order valence-electron chi connectivity index (χ4n) is 1.79. The number of benzene rings is 1. The van der Waals surface area contributed by atoms with E-state index in [1.807, 2.05) is 18.7 Å². The molecule has 0 fully saturated rings. The summed E-state index contributed by atoms with van der Waals surface area (Å²) in [7, 11) is 0.